The van der Waals surface area contributed by atoms with E-state index < -0.39 is 5.91 Å². The maximum Gasteiger partial charge on any atom is 0.269 e. The monoisotopic (exact) mass is 415 g/mol. The molecule has 0 saturated heterocycles. The van der Waals surface area contributed by atoms with Gasteiger partial charge in [-0.2, -0.15) is 0 Å². The standard InChI is InChI=1S/C25H25N3O3/c1-28(2)22-12-7-11-21(17-22)25(30)27-26-24(29)15-14-19-10-6-13-23(16-19)31-18-20-8-4-3-5-9-20/h3-17H,18H2,1-2H3,(H,26,29)(H,27,30)/b15-14+. The molecule has 0 atom stereocenters. The van der Waals surface area contributed by atoms with Gasteiger partial charge in [0, 0.05) is 31.4 Å². The summed E-state index contributed by atoms with van der Waals surface area (Å²) < 4.78 is 5.80. The van der Waals surface area contributed by atoms with Crippen LogP contribution in [0.2, 0.25) is 0 Å². The molecule has 0 aliphatic rings. The second-order valence-electron chi connectivity index (χ2n) is 7.07. The number of carbonyl (C=O) groups excluding carboxylic acids is 2. The van der Waals surface area contributed by atoms with E-state index in [0.717, 1.165) is 16.8 Å². The fraction of sp³-hybridized carbons (Fsp3) is 0.120. The Balaban J connectivity index is 1.51. The summed E-state index contributed by atoms with van der Waals surface area (Å²) in [7, 11) is 3.79. The van der Waals surface area contributed by atoms with Crippen molar-refractivity contribution in [2.45, 2.75) is 6.61 Å². The van der Waals surface area contributed by atoms with E-state index in [1.165, 1.54) is 6.08 Å². The summed E-state index contributed by atoms with van der Waals surface area (Å²) >= 11 is 0. The maximum absolute atomic E-state index is 12.2. The molecule has 0 aromatic heterocycles. The first kappa shape index (κ1) is 21.6. The van der Waals surface area contributed by atoms with Gasteiger partial charge in [0.1, 0.15) is 12.4 Å². The number of nitrogens with zero attached hydrogens (tertiary/aromatic N) is 1. The first-order valence-electron chi connectivity index (χ1n) is 9.84. The van der Waals surface area contributed by atoms with Gasteiger partial charge >= 0.3 is 0 Å². The van der Waals surface area contributed by atoms with Crippen LogP contribution in [0, 0.1) is 0 Å². The van der Waals surface area contributed by atoms with Crippen LogP contribution in [-0.4, -0.2) is 25.9 Å². The molecule has 0 bridgehead atoms. The lowest BCUT2D eigenvalue weighted by molar-refractivity contribution is -0.117. The lowest BCUT2D eigenvalue weighted by atomic mass is 10.2. The zero-order chi connectivity index (χ0) is 22.1. The van der Waals surface area contributed by atoms with Gasteiger partial charge in [0.15, 0.2) is 0 Å². The van der Waals surface area contributed by atoms with Crippen molar-refractivity contribution in [2.75, 3.05) is 19.0 Å². The topological polar surface area (TPSA) is 70.7 Å². The first-order chi connectivity index (χ1) is 15.0. The van der Waals surface area contributed by atoms with Gasteiger partial charge in [-0.1, -0.05) is 48.5 Å². The molecule has 0 aliphatic carbocycles. The Morgan fingerprint density at radius 3 is 2.45 bits per heavy atom. The number of carbonyl (C=O) groups is 2. The van der Waals surface area contributed by atoms with Gasteiger partial charge in [-0.3, -0.25) is 20.4 Å². The molecular weight excluding hydrogens is 390 g/mol. The van der Waals surface area contributed by atoms with E-state index in [2.05, 4.69) is 10.9 Å². The SMILES string of the molecule is CN(C)c1cccc(C(=O)NNC(=O)/C=C/c2cccc(OCc3ccccc3)c2)c1. The molecule has 6 heteroatoms. The molecule has 0 heterocycles. The highest BCUT2D eigenvalue weighted by Crippen LogP contribution is 2.16. The molecule has 6 nitrogen and oxygen atoms in total. The lowest BCUT2D eigenvalue weighted by Gasteiger charge is -2.13. The summed E-state index contributed by atoms with van der Waals surface area (Å²) in [5.41, 5.74) is 8.05. The number of rotatable bonds is 7. The Bertz CT molecular complexity index is 1060. The molecule has 3 rings (SSSR count). The Hall–Kier alpha value is -4.06. The Morgan fingerprint density at radius 1 is 0.903 bits per heavy atom. The van der Waals surface area contributed by atoms with Crippen molar-refractivity contribution in [3.05, 3.63) is 102 Å². The van der Waals surface area contributed by atoms with Gasteiger partial charge in [0.05, 0.1) is 0 Å². The van der Waals surface area contributed by atoms with E-state index >= 15 is 0 Å². The molecule has 0 radical (unpaired) electrons. The third-order valence-electron chi connectivity index (χ3n) is 4.46. The molecule has 0 unspecified atom stereocenters. The van der Waals surface area contributed by atoms with Crippen LogP contribution in [0.3, 0.4) is 0 Å². The molecule has 0 saturated carbocycles. The summed E-state index contributed by atoms with van der Waals surface area (Å²) in [4.78, 5) is 26.2. The predicted molar refractivity (Wildman–Crippen MR) is 123 cm³/mol. The summed E-state index contributed by atoms with van der Waals surface area (Å²) in [6.07, 6.45) is 3.01. The smallest absolute Gasteiger partial charge is 0.269 e. The Morgan fingerprint density at radius 2 is 1.68 bits per heavy atom. The Kier molecular flexibility index (Phi) is 7.43. The fourth-order valence-corrected chi connectivity index (χ4v) is 2.78. The third-order valence-corrected chi connectivity index (χ3v) is 4.46. The summed E-state index contributed by atoms with van der Waals surface area (Å²) in [6.45, 7) is 0.468. The number of benzene rings is 3. The van der Waals surface area contributed by atoms with Crippen molar-refractivity contribution in [2.24, 2.45) is 0 Å². The fourth-order valence-electron chi connectivity index (χ4n) is 2.78. The van der Waals surface area contributed by atoms with E-state index in [1.54, 1.807) is 24.3 Å². The molecule has 2 amide bonds. The van der Waals surface area contributed by atoms with Crippen LogP contribution < -0.4 is 20.5 Å². The molecule has 2 N–H and O–H groups in total. The largest absolute Gasteiger partial charge is 0.489 e. The minimum absolute atomic E-state index is 0.387. The third kappa shape index (κ3) is 6.75. The van der Waals surface area contributed by atoms with Crippen LogP contribution >= 0.6 is 0 Å². The molecule has 0 aliphatic heterocycles. The lowest BCUT2D eigenvalue weighted by Crippen LogP contribution is -2.40. The minimum atomic E-state index is -0.437. The molecule has 3 aromatic rings. The predicted octanol–water partition coefficient (Wildman–Crippen LogP) is 3.81. The van der Waals surface area contributed by atoms with Crippen molar-refractivity contribution in [1.82, 2.24) is 10.9 Å². The van der Waals surface area contributed by atoms with Crippen molar-refractivity contribution in [1.29, 1.82) is 0 Å². The van der Waals surface area contributed by atoms with Gasteiger partial charge in [0.25, 0.3) is 11.8 Å². The molecule has 31 heavy (non-hydrogen) atoms. The molecular formula is C25H25N3O3. The highest BCUT2D eigenvalue weighted by atomic mass is 16.5. The molecule has 0 fully saturated rings. The maximum atomic E-state index is 12.2. The van der Waals surface area contributed by atoms with Gasteiger partial charge < -0.3 is 9.64 Å². The van der Waals surface area contributed by atoms with E-state index in [4.69, 9.17) is 4.74 Å². The van der Waals surface area contributed by atoms with Crippen molar-refractivity contribution in [3.8, 4) is 5.75 Å². The van der Waals surface area contributed by atoms with Crippen molar-refractivity contribution in [3.63, 3.8) is 0 Å². The van der Waals surface area contributed by atoms with E-state index in [1.807, 2.05) is 79.7 Å². The minimum Gasteiger partial charge on any atom is -0.489 e. The van der Waals surface area contributed by atoms with Crippen LogP contribution in [0.25, 0.3) is 6.08 Å². The number of amides is 2. The zero-order valence-electron chi connectivity index (χ0n) is 17.5. The second-order valence-corrected chi connectivity index (χ2v) is 7.07. The summed E-state index contributed by atoms with van der Waals surface area (Å²) in [6, 6.07) is 24.4. The van der Waals surface area contributed by atoms with Crippen LogP contribution in [0.1, 0.15) is 21.5 Å². The highest BCUT2D eigenvalue weighted by Gasteiger charge is 2.07. The van der Waals surface area contributed by atoms with Gasteiger partial charge in [-0.25, -0.2) is 0 Å². The van der Waals surface area contributed by atoms with Crippen LogP contribution in [0.15, 0.2) is 84.9 Å². The van der Waals surface area contributed by atoms with Gasteiger partial charge in [0.2, 0.25) is 0 Å². The number of hydrogen-bond donors (Lipinski definition) is 2. The normalized spacial score (nSPS) is 10.5. The first-order valence-corrected chi connectivity index (χ1v) is 9.84. The zero-order valence-corrected chi connectivity index (χ0v) is 17.5. The molecule has 0 spiro atoms. The summed E-state index contributed by atoms with van der Waals surface area (Å²) in [5, 5.41) is 0. The number of hydrazine groups is 1. The summed E-state index contributed by atoms with van der Waals surface area (Å²) in [5.74, 6) is -0.116. The van der Waals surface area contributed by atoms with E-state index in [0.29, 0.717) is 17.9 Å². The van der Waals surface area contributed by atoms with Crippen molar-refractivity contribution >= 4 is 23.6 Å². The van der Waals surface area contributed by atoms with Crippen LogP contribution in [-0.2, 0) is 11.4 Å². The highest BCUT2D eigenvalue weighted by molar-refractivity contribution is 5.98. The van der Waals surface area contributed by atoms with Gasteiger partial charge in [-0.15, -0.1) is 0 Å². The van der Waals surface area contributed by atoms with Crippen LogP contribution in [0.5, 0.6) is 5.75 Å². The second kappa shape index (κ2) is 10.6. The average Bonchev–Trinajstić information content (AvgIpc) is 2.81. The van der Waals surface area contributed by atoms with E-state index in [9.17, 15) is 9.59 Å². The van der Waals surface area contributed by atoms with Crippen LogP contribution in [0.4, 0.5) is 5.69 Å². The molecule has 3 aromatic carbocycles. The number of hydrogen-bond acceptors (Lipinski definition) is 4. The van der Waals surface area contributed by atoms with Crippen molar-refractivity contribution < 1.29 is 14.3 Å². The quantitative estimate of drug-likeness (QED) is 0.455. The van der Waals surface area contributed by atoms with E-state index in [-0.39, 0.29) is 5.91 Å². The number of nitrogens with one attached hydrogen (secondary N) is 2. The molecule has 158 valence electrons. The number of ether oxygens (including phenoxy) is 1. The average molecular weight is 415 g/mol. The van der Waals surface area contributed by atoms with Gasteiger partial charge in [-0.05, 0) is 47.5 Å². The Labute approximate surface area is 182 Å². The number of anilines is 1.